The van der Waals surface area contributed by atoms with Crippen molar-refractivity contribution in [1.82, 2.24) is 9.62 Å². The largest absolute Gasteiger partial charge is 0.383 e. The van der Waals surface area contributed by atoms with Crippen molar-refractivity contribution in [3.05, 3.63) is 16.5 Å². The Morgan fingerprint density at radius 1 is 1.55 bits per heavy atom. The molecule has 1 aromatic heterocycles. The summed E-state index contributed by atoms with van der Waals surface area (Å²) in [5.41, 5.74) is 0. The molecule has 2 heterocycles. The van der Waals surface area contributed by atoms with Gasteiger partial charge in [-0.25, -0.2) is 13.1 Å². The van der Waals surface area contributed by atoms with Crippen LogP contribution >= 0.6 is 22.9 Å². The molecular weight excluding hydrogens is 320 g/mol. The molecule has 1 N–H and O–H groups in total. The van der Waals surface area contributed by atoms with Crippen LogP contribution in [0.3, 0.4) is 0 Å². The second-order valence-electron chi connectivity index (χ2n) is 4.81. The van der Waals surface area contributed by atoms with Gasteiger partial charge in [0.15, 0.2) is 0 Å². The predicted molar refractivity (Wildman–Crippen MR) is 81.0 cm³/mol. The second kappa shape index (κ2) is 7.20. The van der Waals surface area contributed by atoms with E-state index >= 15 is 0 Å². The number of piperidine rings is 1. The minimum atomic E-state index is -3.46. The van der Waals surface area contributed by atoms with E-state index in [9.17, 15) is 8.42 Å². The third-order valence-electron chi connectivity index (χ3n) is 3.25. The summed E-state index contributed by atoms with van der Waals surface area (Å²) in [6, 6.07) is 3.10. The Morgan fingerprint density at radius 2 is 2.35 bits per heavy atom. The molecule has 114 valence electrons. The van der Waals surface area contributed by atoms with Crippen LogP contribution in [0.4, 0.5) is 0 Å². The molecule has 1 aliphatic rings. The van der Waals surface area contributed by atoms with E-state index in [1.165, 1.54) is 0 Å². The zero-order chi connectivity index (χ0) is 14.6. The monoisotopic (exact) mass is 338 g/mol. The number of rotatable bonds is 6. The molecule has 0 spiro atoms. The van der Waals surface area contributed by atoms with E-state index < -0.39 is 10.0 Å². The highest BCUT2D eigenvalue weighted by atomic mass is 35.5. The summed E-state index contributed by atoms with van der Waals surface area (Å²) in [6.07, 6.45) is 1.85. The number of nitrogens with zero attached hydrogens (tertiary/aromatic N) is 1. The zero-order valence-corrected chi connectivity index (χ0v) is 13.7. The third-order valence-corrected chi connectivity index (χ3v) is 6.50. The lowest BCUT2D eigenvalue weighted by Gasteiger charge is -2.32. The SMILES string of the molecule is COCCN1CCC[C@@H](NS(=O)(=O)c2ccc(Cl)s2)C1. The highest BCUT2D eigenvalue weighted by Gasteiger charge is 2.25. The van der Waals surface area contributed by atoms with Crippen molar-refractivity contribution < 1.29 is 13.2 Å². The molecule has 1 atom stereocenters. The summed E-state index contributed by atoms with van der Waals surface area (Å²) in [4.78, 5) is 2.22. The summed E-state index contributed by atoms with van der Waals surface area (Å²) < 4.78 is 33.1. The maximum Gasteiger partial charge on any atom is 0.250 e. The first kappa shape index (κ1) is 16.2. The molecule has 0 bridgehead atoms. The predicted octanol–water partition coefficient (Wildman–Crippen LogP) is 1.79. The quantitative estimate of drug-likeness (QED) is 0.859. The van der Waals surface area contributed by atoms with E-state index in [4.69, 9.17) is 16.3 Å². The maximum atomic E-state index is 12.2. The van der Waals surface area contributed by atoms with E-state index in [0.29, 0.717) is 10.9 Å². The topological polar surface area (TPSA) is 58.6 Å². The number of ether oxygens (including phenoxy) is 1. The molecular formula is C12H19ClN2O3S2. The van der Waals surface area contributed by atoms with E-state index in [0.717, 1.165) is 43.8 Å². The number of halogens is 1. The molecule has 1 fully saturated rings. The van der Waals surface area contributed by atoms with Crippen LogP contribution in [0.15, 0.2) is 16.3 Å². The first-order valence-electron chi connectivity index (χ1n) is 6.50. The van der Waals surface area contributed by atoms with Crippen molar-refractivity contribution in [2.45, 2.75) is 23.1 Å². The maximum absolute atomic E-state index is 12.2. The molecule has 8 heteroatoms. The van der Waals surface area contributed by atoms with Crippen LogP contribution in [0.25, 0.3) is 0 Å². The summed E-state index contributed by atoms with van der Waals surface area (Å²) in [7, 11) is -1.79. The molecule has 1 aromatic rings. The lowest BCUT2D eigenvalue weighted by atomic mass is 10.1. The van der Waals surface area contributed by atoms with Gasteiger partial charge in [0.1, 0.15) is 4.21 Å². The normalized spacial score (nSPS) is 21.2. The summed E-state index contributed by atoms with van der Waals surface area (Å²) in [6.45, 7) is 3.22. The van der Waals surface area contributed by atoms with E-state index in [-0.39, 0.29) is 10.3 Å². The molecule has 5 nitrogen and oxygen atoms in total. The van der Waals surface area contributed by atoms with Gasteiger partial charge in [-0.05, 0) is 31.5 Å². The third kappa shape index (κ3) is 4.41. The Morgan fingerprint density at radius 3 is 3.00 bits per heavy atom. The van der Waals surface area contributed by atoms with Gasteiger partial charge in [-0.3, -0.25) is 4.90 Å². The van der Waals surface area contributed by atoms with Gasteiger partial charge >= 0.3 is 0 Å². The van der Waals surface area contributed by atoms with Crippen molar-refractivity contribution in [2.24, 2.45) is 0 Å². The Kier molecular flexibility index (Phi) is 5.83. The van der Waals surface area contributed by atoms with Crippen LogP contribution in [0.2, 0.25) is 4.34 Å². The number of nitrogens with one attached hydrogen (secondary N) is 1. The fourth-order valence-corrected chi connectivity index (χ4v) is 5.06. The lowest BCUT2D eigenvalue weighted by Crippen LogP contribution is -2.48. The fraction of sp³-hybridized carbons (Fsp3) is 0.667. The smallest absolute Gasteiger partial charge is 0.250 e. The first-order valence-corrected chi connectivity index (χ1v) is 9.18. The van der Waals surface area contributed by atoms with Crippen molar-refractivity contribution >= 4 is 33.0 Å². The Balaban J connectivity index is 1.95. The van der Waals surface area contributed by atoms with Crippen LogP contribution in [0.5, 0.6) is 0 Å². The molecule has 1 aliphatic heterocycles. The molecule has 0 aliphatic carbocycles. The number of thiophene rings is 1. The van der Waals surface area contributed by atoms with Gasteiger partial charge in [0.25, 0.3) is 0 Å². The fourth-order valence-electron chi connectivity index (χ4n) is 2.29. The summed E-state index contributed by atoms with van der Waals surface area (Å²) in [5.74, 6) is 0. The Hall–Kier alpha value is -0.180. The van der Waals surface area contributed by atoms with Gasteiger partial charge < -0.3 is 4.74 Å². The molecule has 2 rings (SSSR count). The number of likely N-dealkylation sites (tertiary alicyclic amines) is 1. The number of hydrogen-bond donors (Lipinski definition) is 1. The van der Waals surface area contributed by atoms with Gasteiger partial charge in [0.05, 0.1) is 10.9 Å². The highest BCUT2D eigenvalue weighted by Crippen LogP contribution is 2.26. The van der Waals surface area contributed by atoms with Crippen LogP contribution in [0, 0.1) is 0 Å². The number of sulfonamides is 1. The van der Waals surface area contributed by atoms with Gasteiger partial charge in [0, 0.05) is 26.2 Å². The summed E-state index contributed by atoms with van der Waals surface area (Å²) >= 11 is 6.87. The van der Waals surface area contributed by atoms with Gasteiger partial charge in [-0.2, -0.15) is 0 Å². The van der Waals surface area contributed by atoms with Crippen molar-refractivity contribution in [2.75, 3.05) is 33.4 Å². The minimum absolute atomic E-state index is 0.0496. The average molecular weight is 339 g/mol. The van der Waals surface area contributed by atoms with Gasteiger partial charge in [-0.1, -0.05) is 11.6 Å². The number of hydrogen-bond acceptors (Lipinski definition) is 5. The van der Waals surface area contributed by atoms with Crippen LogP contribution in [-0.4, -0.2) is 52.7 Å². The van der Waals surface area contributed by atoms with Gasteiger partial charge in [0.2, 0.25) is 10.0 Å². The minimum Gasteiger partial charge on any atom is -0.383 e. The molecule has 0 aromatic carbocycles. The van der Waals surface area contributed by atoms with Crippen LogP contribution in [0.1, 0.15) is 12.8 Å². The highest BCUT2D eigenvalue weighted by molar-refractivity contribution is 7.91. The van der Waals surface area contributed by atoms with E-state index in [2.05, 4.69) is 9.62 Å². The van der Waals surface area contributed by atoms with Crippen molar-refractivity contribution in [1.29, 1.82) is 0 Å². The molecule has 0 saturated carbocycles. The van der Waals surface area contributed by atoms with E-state index in [1.54, 1.807) is 19.2 Å². The molecule has 20 heavy (non-hydrogen) atoms. The standard InChI is InChI=1S/C12H19ClN2O3S2/c1-18-8-7-15-6-2-3-10(9-15)14-20(16,17)12-5-4-11(13)19-12/h4-5,10,14H,2-3,6-9H2,1H3/t10-/m1/s1. The van der Waals surface area contributed by atoms with Gasteiger partial charge in [-0.15, -0.1) is 11.3 Å². The molecule has 0 amide bonds. The first-order chi connectivity index (χ1) is 9.51. The number of methoxy groups -OCH3 is 1. The molecule has 0 radical (unpaired) electrons. The lowest BCUT2D eigenvalue weighted by molar-refractivity contribution is 0.126. The second-order valence-corrected chi connectivity index (χ2v) is 8.47. The van der Waals surface area contributed by atoms with Crippen LogP contribution < -0.4 is 4.72 Å². The molecule has 1 saturated heterocycles. The van der Waals surface area contributed by atoms with Crippen molar-refractivity contribution in [3.8, 4) is 0 Å². The average Bonchev–Trinajstić information content (AvgIpc) is 2.84. The van der Waals surface area contributed by atoms with Crippen molar-refractivity contribution in [3.63, 3.8) is 0 Å². The Bertz CT molecular complexity index is 533. The van der Waals surface area contributed by atoms with Crippen LogP contribution in [-0.2, 0) is 14.8 Å². The summed E-state index contributed by atoms with van der Waals surface area (Å²) in [5, 5.41) is 0. The zero-order valence-electron chi connectivity index (χ0n) is 11.3. The van der Waals surface area contributed by atoms with E-state index in [1.807, 2.05) is 0 Å². The molecule has 0 unspecified atom stereocenters. The Labute approximate surface area is 128 Å².